The van der Waals surface area contributed by atoms with Crippen LogP contribution in [-0.4, -0.2) is 19.5 Å². The molecule has 0 aliphatic rings. The molecule has 0 heterocycles. The van der Waals surface area contributed by atoms with Gasteiger partial charge in [0.1, 0.15) is 0 Å². The van der Waals surface area contributed by atoms with Crippen LogP contribution in [0.25, 0.3) is 0 Å². The number of hydrogen-bond donors (Lipinski definition) is 2. The molecule has 0 saturated carbocycles. The average molecular weight is 193 g/mol. The molecule has 0 aliphatic heterocycles. The van der Waals surface area contributed by atoms with Gasteiger partial charge >= 0.3 is 0 Å². The summed E-state index contributed by atoms with van der Waals surface area (Å²) in [5.74, 6) is 0.0428. The topological polar surface area (TPSA) is 45.7 Å². The fourth-order valence-electron chi connectivity index (χ4n) is 1.27. The lowest BCUT2D eigenvalue weighted by Gasteiger charge is -2.08. The third kappa shape index (κ3) is 2.57. The summed E-state index contributed by atoms with van der Waals surface area (Å²) in [7, 11) is 1.88. The predicted octanol–water partition coefficient (Wildman–Crippen LogP) is 0.435. The highest BCUT2D eigenvalue weighted by Crippen LogP contribution is 2.17. The molecular formula is C11H17N2O+. The Hall–Kier alpha value is -1.35. The molecular weight excluding hydrogens is 176 g/mol. The molecule has 3 N–H and O–H groups in total. The van der Waals surface area contributed by atoms with Crippen molar-refractivity contribution in [3.63, 3.8) is 0 Å². The number of hydrogen-bond acceptors (Lipinski definition) is 1. The van der Waals surface area contributed by atoms with Crippen molar-refractivity contribution in [3.8, 4) is 0 Å². The van der Waals surface area contributed by atoms with E-state index < -0.39 is 0 Å². The molecule has 3 nitrogen and oxygen atoms in total. The van der Waals surface area contributed by atoms with Gasteiger partial charge in [-0.1, -0.05) is 12.1 Å². The van der Waals surface area contributed by atoms with Gasteiger partial charge in [-0.15, -0.1) is 0 Å². The SMILES string of the molecule is C[NH2+]CC(=O)Nc1cccc(C)c1C. The van der Waals surface area contributed by atoms with Crippen molar-refractivity contribution in [2.24, 2.45) is 0 Å². The Labute approximate surface area is 84.5 Å². The lowest BCUT2D eigenvalue weighted by atomic mass is 10.1. The van der Waals surface area contributed by atoms with Gasteiger partial charge in [0.25, 0.3) is 5.91 Å². The van der Waals surface area contributed by atoms with Crippen LogP contribution in [0.2, 0.25) is 0 Å². The maximum atomic E-state index is 11.3. The van der Waals surface area contributed by atoms with Crippen LogP contribution >= 0.6 is 0 Å². The van der Waals surface area contributed by atoms with Crippen molar-refractivity contribution in [3.05, 3.63) is 29.3 Å². The van der Waals surface area contributed by atoms with E-state index in [9.17, 15) is 4.79 Å². The Morgan fingerprint density at radius 3 is 2.79 bits per heavy atom. The van der Waals surface area contributed by atoms with Crippen molar-refractivity contribution in [2.75, 3.05) is 18.9 Å². The van der Waals surface area contributed by atoms with Crippen LogP contribution < -0.4 is 10.6 Å². The zero-order chi connectivity index (χ0) is 10.6. The summed E-state index contributed by atoms with van der Waals surface area (Å²) < 4.78 is 0. The molecule has 1 rings (SSSR count). The van der Waals surface area contributed by atoms with E-state index in [0.29, 0.717) is 6.54 Å². The molecule has 0 spiro atoms. The first-order valence-electron chi connectivity index (χ1n) is 4.79. The van der Waals surface area contributed by atoms with Crippen molar-refractivity contribution >= 4 is 11.6 Å². The molecule has 0 aliphatic carbocycles. The number of benzene rings is 1. The lowest BCUT2D eigenvalue weighted by Crippen LogP contribution is -2.82. The second-order valence-corrected chi connectivity index (χ2v) is 3.41. The summed E-state index contributed by atoms with van der Waals surface area (Å²) in [6.45, 7) is 4.52. The van der Waals surface area contributed by atoms with Crippen LogP contribution in [0.3, 0.4) is 0 Å². The highest BCUT2D eigenvalue weighted by Gasteiger charge is 2.05. The number of quaternary nitrogens is 1. The second kappa shape index (κ2) is 4.77. The Morgan fingerprint density at radius 2 is 2.14 bits per heavy atom. The Kier molecular flexibility index (Phi) is 3.65. The zero-order valence-corrected chi connectivity index (χ0v) is 8.92. The highest BCUT2D eigenvalue weighted by molar-refractivity contribution is 5.92. The minimum Gasteiger partial charge on any atom is -0.341 e. The lowest BCUT2D eigenvalue weighted by molar-refractivity contribution is -0.615. The van der Waals surface area contributed by atoms with Crippen LogP contribution in [0.15, 0.2) is 18.2 Å². The van der Waals surface area contributed by atoms with Crippen molar-refractivity contribution in [1.82, 2.24) is 0 Å². The van der Waals surface area contributed by atoms with Gasteiger partial charge in [0.15, 0.2) is 6.54 Å². The Balaban J connectivity index is 2.76. The monoisotopic (exact) mass is 193 g/mol. The third-order valence-corrected chi connectivity index (χ3v) is 2.27. The molecule has 1 aromatic carbocycles. The van der Waals surface area contributed by atoms with E-state index >= 15 is 0 Å². The van der Waals surface area contributed by atoms with Gasteiger partial charge in [-0.3, -0.25) is 4.79 Å². The molecule has 0 radical (unpaired) electrons. The first kappa shape index (κ1) is 10.7. The molecule has 3 heteroatoms. The first-order chi connectivity index (χ1) is 6.65. The van der Waals surface area contributed by atoms with Gasteiger partial charge in [-0.05, 0) is 31.0 Å². The van der Waals surface area contributed by atoms with Gasteiger partial charge in [0.05, 0.1) is 7.05 Å². The van der Waals surface area contributed by atoms with Crippen LogP contribution in [0.1, 0.15) is 11.1 Å². The maximum Gasteiger partial charge on any atom is 0.279 e. The molecule has 1 aromatic rings. The maximum absolute atomic E-state index is 11.3. The van der Waals surface area contributed by atoms with Gasteiger partial charge in [0, 0.05) is 5.69 Å². The fourth-order valence-corrected chi connectivity index (χ4v) is 1.27. The van der Waals surface area contributed by atoms with E-state index in [1.54, 1.807) is 0 Å². The van der Waals surface area contributed by atoms with Crippen LogP contribution in [0.5, 0.6) is 0 Å². The number of likely N-dealkylation sites (N-methyl/N-ethyl adjacent to an activating group) is 1. The van der Waals surface area contributed by atoms with Gasteiger partial charge in [0.2, 0.25) is 0 Å². The predicted molar refractivity (Wildman–Crippen MR) is 57.3 cm³/mol. The van der Waals surface area contributed by atoms with E-state index in [1.165, 1.54) is 5.56 Å². The quantitative estimate of drug-likeness (QED) is 0.718. The molecule has 76 valence electrons. The summed E-state index contributed by atoms with van der Waals surface area (Å²) in [5.41, 5.74) is 3.25. The summed E-state index contributed by atoms with van der Waals surface area (Å²) in [6, 6.07) is 5.92. The molecule has 0 bridgehead atoms. The standard InChI is InChI=1S/C11H16N2O/c1-8-5-4-6-10(9(8)2)13-11(14)7-12-3/h4-6,12H,7H2,1-3H3,(H,13,14)/p+1. The highest BCUT2D eigenvalue weighted by atomic mass is 16.1. The van der Waals surface area contributed by atoms with Gasteiger partial charge in [-0.25, -0.2) is 0 Å². The van der Waals surface area contributed by atoms with Crippen LogP contribution in [-0.2, 0) is 4.79 Å². The normalized spacial score (nSPS) is 9.93. The third-order valence-electron chi connectivity index (χ3n) is 2.27. The number of anilines is 1. The van der Waals surface area contributed by atoms with Crippen LogP contribution in [0.4, 0.5) is 5.69 Å². The second-order valence-electron chi connectivity index (χ2n) is 3.41. The molecule has 1 amide bonds. The van der Waals surface area contributed by atoms with E-state index in [-0.39, 0.29) is 5.91 Å². The molecule has 14 heavy (non-hydrogen) atoms. The van der Waals surface area contributed by atoms with Crippen molar-refractivity contribution in [1.29, 1.82) is 0 Å². The summed E-state index contributed by atoms with van der Waals surface area (Å²) >= 11 is 0. The number of rotatable bonds is 3. The molecule has 0 unspecified atom stereocenters. The molecule has 0 fully saturated rings. The molecule has 0 atom stereocenters. The number of nitrogens with one attached hydrogen (secondary N) is 1. The summed E-state index contributed by atoms with van der Waals surface area (Å²) in [4.78, 5) is 11.3. The number of carbonyl (C=O) groups is 1. The van der Waals surface area contributed by atoms with E-state index in [4.69, 9.17) is 0 Å². The van der Waals surface area contributed by atoms with Gasteiger partial charge in [-0.2, -0.15) is 0 Å². The van der Waals surface area contributed by atoms with Crippen molar-refractivity contribution in [2.45, 2.75) is 13.8 Å². The number of nitrogens with two attached hydrogens (primary N) is 1. The van der Waals surface area contributed by atoms with E-state index in [1.807, 2.05) is 44.4 Å². The fraction of sp³-hybridized carbons (Fsp3) is 0.364. The van der Waals surface area contributed by atoms with E-state index in [2.05, 4.69) is 5.32 Å². The summed E-state index contributed by atoms with van der Waals surface area (Å²) in [5, 5.41) is 4.73. The Morgan fingerprint density at radius 1 is 1.43 bits per heavy atom. The Bertz CT molecular complexity index is 334. The number of carbonyl (C=O) groups excluding carboxylic acids is 1. The number of amides is 1. The van der Waals surface area contributed by atoms with E-state index in [0.717, 1.165) is 11.3 Å². The molecule has 0 aromatic heterocycles. The zero-order valence-electron chi connectivity index (χ0n) is 8.92. The largest absolute Gasteiger partial charge is 0.341 e. The van der Waals surface area contributed by atoms with Gasteiger partial charge < -0.3 is 10.6 Å². The van der Waals surface area contributed by atoms with Crippen LogP contribution in [0, 0.1) is 13.8 Å². The number of aryl methyl sites for hydroxylation is 1. The minimum atomic E-state index is 0.0428. The average Bonchev–Trinajstić information content (AvgIpc) is 2.13. The molecule has 0 saturated heterocycles. The summed E-state index contributed by atoms with van der Waals surface area (Å²) in [6.07, 6.45) is 0. The first-order valence-corrected chi connectivity index (χ1v) is 4.79. The smallest absolute Gasteiger partial charge is 0.279 e. The minimum absolute atomic E-state index is 0.0428. The van der Waals surface area contributed by atoms with Crippen molar-refractivity contribution < 1.29 is 10.1 Å².